The second kappa shape index (κ2) is 3.53. The zero-order valence-corrected chi connectivity index (χ0v) is 8.18. The highest BCUT2D eigenvalue weighted by Gasteiger charge is 1.98. The van der Waals surface area contributed by atoms with Gasteiger partial charge in [0.2, 0.25) is 0 Å². The molecule has 1 heteroatoms. The Morgan fingerprint density at radius 2 is 2.00 bits per heavy atom. The molecule has 64 valence electrons. The minimum Gasteiger partial charge on any atom is -0.256 e. The molecule has 0 aliphatic carbocycles. The number of aromatic nitrogens is 1. The van der Waals surface area contributed by atoms with E-state index >= 15 is 0 Å². The zero-order chi connectivity index (χ0) is 9.14. The van der Waals surface area contributed by atoms with Gasteiger partial charge >= 0.3 is 0 Å². The summed E-state index contributed by atoms with van der Waals surface area (Å²) in [5.74, 6) is 0. The molecule has 0 aliphatic rings. The second-order valence-electron chi connectivity index (χ2n) is 3.13. The third-order valence-corrected chi connectivity index (χ3v) is 2.21. The molecule has 0 N–H and O–H groups in total. The highest BCUT2D eigenvalue weighted by molar-refractivity contribution is 5.60. The maximum absolute atomic E-state index is 4.34. The van der Waals surface area contributed by atoms with Gasteiger partial charge in [-0.3, -0.25) is 4.98 Å². The van der Waals surface area contributed by atoms with Gasteiger partial charge in [0.1, 0.15) is 0 Å². The molecule has 0 saturated carbocycles. The molecular formula is C11H15N. The third kappa shape index (κ3) is 1.73. The van der Waals surface area contributed by atoms with E-state index in [1.54, 1.807) is 0 Å². The Bertz CT molecular complexity index is 311. The normalized spacial score (nSPS) is 11.8. The minimum atomic E-state index is 1.08. The molecule has 0 fully saturated rings. The van der Waals surface area contributed by atoms with Gasteiger partial charge in [0, 0.05) is 6.20 Å². The maximum atomic E-state index is 4.34. The first-order valence-electron chi connectivity index (χ1n) is 4.21. The Labute approximate surface area is 74.2 Å². The van der Waals surface area contributed by atoms with Gasteiger partial charge in [-0.05, 0) is 50.5 Å². The van der Waals surface area contributed by atoms with Crippen LogP contribution in [0, 0.1) is 13.8 Å². The lowest BCUT2D eigenvalue weighted by Gasteiger charge is -2.03. The number of hydrogen-bond donors (Lipinski definition) is 0. The lowest BCUT2D eigenvalue weighted by Crippen LogP contribution is -1.89. The van der Waals surface area contributed by atoms with Crippen molar-refractivity contribution in [2.45, 2.75) is 27.7 Å². The highest BCUT2D eigenvalue weighted by atomic mass is 14.7. The van der Waals surface area contributed by atoms with E-state index in [4.69, 9.17) is 0 Å². The van der Waals surface area contributed by atoms with E-state index in [0.717, 1.165) is 5.69 Å². The fraction of sp³-hybridized carbons (Fsp3) is 0.364. The Kier molecular flexibility index (Phi) is 2.64. The van der Waals surface area contributed by atoms with Crippen molar-refractivity contribution in [3.05, 3.63) is 35.2 Å². The molecular weight excluding hydrogens is 146 g/mol. The van der Waals surface area contributed by atoms with E-state index in [2.05, 4.69) is 37.9 Å². The van der Waals surface area contributed by atoms with Crippen LogP contribution in [0.15, 0.2) is 18.3 Å². The van der Waals surface area contributed by atoms with Crippen LogP contribution in [0.5, 0.6) is 0 Å². The first-order chi connectivity index (χ1) is 5.65. The number of aryl methyl sites for hydroxylation is 2. The Balaban J connectivity index is 3.13. The van der Waals surface area contributed by atoms with Gasteiger partial charge in [0.15, 0.2) is 0 Å². The van der Waals surface area contributed by atoms with E-state index < -0.39 is 0 Å². The number of allylic oxidation sites excluding steroid dienone is 2. The average molecular weight is 161 g/mol. The Hall–Kier alpha value is -1.11. The molecule has 0 spiro atoms. The van der Waals surface area contributed by atoms with E-state index in [1.807, 2.05) is 13.1 Å². The average Bonchev–Trinajstić information content (AvgIpc) is 2.08. The zero-order valence-electron chi connectivity index (χ0n) is 8.18. The van der Waals surface area contributed by atoms with Crippen LogP contribution in [0.1, 0.15) is 30.7 Å². The Morgan fingerprint density at radius 3 is 2.50 bits per heavy atom. The van der Waals surface area contributed by atoms with Crippen molar-refractivity contribution in [3.63, 3.8) is 0 Å². The van der Waals surface area contributed by atoms with Crippen molar-refractivity contribution in [2.75, 3.05) is 0 Å². The minimum absolute atomic E-state index is 1.08. The quantitative estimate of drug-likeness (QED) is 0.616. The molecule has 0 bridgehead atoms. The number of rotatable bonds is 1. The van der Waals surface area contributed by atoms with Crippen LogP contribution in [-0.4, -0.2) is 4.98 Å². The molecule has 1 rings (SSSR count). The van der Waals surface area contributed by atoms with Gasteiger partial charge in [-0.25, -0.2) is 0 Å². The summed E-state index contributed by atoms with van der Waals surface area (Å²) in [6.07, 6.45) is 4.01. The summed E-state index contributed by atoms with van der Waals surface area (Å²) >= 11 is 0. The summed E-state index contributed by atoms with van der Waals surface area (Å²) in [7, 11) is 0. The Morgan fingerprint density at radius 1 is 1.33 bits per heavy atom. The van der Waals surface area contributed by atoms with Crippen LogP contribution in [0.25, 0.3) is 5.57 Å². The van der Waals surface area contributed by atoms with Crippen LogP contribution >= 0.6 is 0 Å². The first kappa shape index (κ1) is 8.98. The molecule has 0 aromatic carbocycles. The molecule has 0 saturated heterocycles. The summed E-state index contributed by atoms with van der Waals surface area (Å²) in [4.78, 5) is 4.34. The fourth-order valence-electron chi connectivity index (χ4n) is 0.988. The molecule has 0 radical (unpaired) electrons. The number of pyridine rings is 1. The van der Waals surface area contributed by atoms with Crippen molar-refractivity contribution in [2.24, 2.45) is 0 Å². The van der Waals surface area contributed by atoms with Crippen LogP contribution in [-0.2, 0) is 0 Å². The summed E-state index contributed by atoms with van der Waals surface area (Å²) < 4.78 is 0. The first-order valence-corrected chi connectivity index (χ1v) is 4.21. The summed E-state index contributed by atoms with van der Waals surface area (Å²) in [5.41, 5.74) is 4.88. The van der Waals surface area contributed by atoms with Crippen LogP contribution < -0.4 is 0 Å². The molecule has 0 amide bonds. The number of nitrogens with zero attached hydrogens (tertiary/aromatic N) is 1. The second-order valence-corrected chi connectivity index (χ2v) is 3.13. The highest BCUT2D eigenvalue weighted by Crippen LogP contribution is 2.13. The molecule has 0 unspecified atom stereocenters. The molecule has 0 atom stereocenters. The van der Waals surface area contributed by atoms with E-state index in [1.165, 1.54) is 16.7 Å². The van der Waals surface area contributed by atoms with Crippen molar-refractivity contribution in [1.82, 2.24) is 4.98 Å². The lowest BCUT2D eigenvalue weighted by atomic mass is 10.1. The van der Waals surface area contributed by atoms with Gasteiger partial charge in [-0.15, -0.1) is 0 Å². The third-order valence-electron chi connectivity index (χ3n) is 2.21. The standard InChI is InChI=1S/C11H15N/c1-5-8(2)11-6-9(3)10(4)7-12-11/h5-7H,1-4H3/b8-5+. The van der Waals surface area contributed by atoms with Crippen molar-refractivity contribution in [1.29, 1.82) is 0 Å². The molecule has 1 aromatic heterocycles. The maximum Gasteiger partial charge on any atom is 0.0658 e. The molecule has 0 aliphatic heterocycles. The SMILES string of the molecule is C/C=C(\C)c1cc(C)c(C)cn1. The van der Waals surface area contributed by atoms with Crippen molar-refractivity contribution >= 4 is 5.57 Å². The molecule has 1 aromatic rings. The van der Waals surface area contributed by atoms with Crippen LogP contribution in [0.4, 0.5) is 0 Å². The summed E-state index contributed by atoms with van der Waals surface area (Å²) in [6, 6.07) is 2.13. The van der Waals surface area contributed by atoms with E-state index in [0.29, 0.717) is 0 Å². The lowest BCUT2D eigenvalue weighted by molar-refractivity contribution is 1.18. The number of hydrogen-bond acceptors (Lipinski definition) is 1. The van der Waals surface area contributed by atoms with E-state index in [-0.39, 0.29) is 0 Å². The summed E-state index contributed by atoms with van der Waals surface area (Å²) in [6.45, 7) is 8.31. The van der Waals surface area contributed by atoms with Crippen LogP contribution in [0.3, 0.4) is 0 Å². The topological polar surface area (TPSA) is 12.9 Å². The largest absolute Gasteiger partial charge is 0.256 e. The molecule has 12 heavy (non-hydrogen) atoms. The van der Waals surface area contributed by atoms with Crippen molar-refractivity contribution in [3.8, 4) is 0 Å². The van der Waals surface area contributed by atoms with Gasteiger partial charge in [0.05, 0.1) is 5.69 Å². The van der Waals surface area contributed by atoms with Gasteiger partial charge < -0.3 is 0 Å². The predicted molar refractivity (Wildman–Crippen MR) is 53.0 cm³/mol. The van der Waals surface area contributed by atoms with Crippen molar-refractivity contribution < 1.29 is 0 Å². The predicted octanol–water partition coefficient (Wildman–Crippen LogP) is 3.12. The molecule has 1 heterocycles. The fourth-order valence-corrected chi connectivity index (χ4v) is 0.988. The van der Waals surface area contributed by atoms with Gasteiger partial charge in [-0.2, -0.15) is 0 Å². The van der Waals surface area contributed by atoms with E-state index in [9.17, 15) is 0 Å². The smallest absolute Gasteiger partial charge is 0.0658 e. The van der Waals surface area contributed by atoms with Gasteiger partial charge in [0.25, 0.3) is 0 Å². The molecule has 1 nitrogen and oxygen atoms in total. The monoisotopic (exact) mass is 161 g/mol. The van der Waals surface area contributed by atoms with Crippen LogP contribution in [0.2, 0.25) is 0 Å². The van der Waals surface area contributed by atoms with Gasteiger partial charge in [-0.1, -0.05) is 6.08 Å². The summed E-state index contributed by atoms with van der Waals surface area (Å²) in [5, 5.41) is 0.